The van der Waals surface area contributed by atoms with Gasteiger partial charge in [0, 0.05) is 31.0 Å². The minimum absolute atomic E-state index is 0.257. The summed E-state index contributed by atoms with van der Waals surface area (Å²) in [6.07, 6.45) is 2.04. The lowest BCUT2D eigenvalue weighted by Crippen LogP contribution is -2.19. The number of aromatic nitrogens is 3. The zero-order valence-electron chi connectivity index (χ0n) is 8.17. The SMILES string of the molecule is O=C(O)CCC1CCN(c2nnns2)C1. The van der Waals surface area contributed by atoms with E-state index in [9.17, 15) is 4.79 Å². The van der Waals surface area contributed by atoms with Gasteiger partial charge in [-0.2, -0.15) is 0 Å². The van der Waals surface area contributed by atoms with Crippen molar-refractivity contribution in [2.75, 3.05) is 18.0 Å². The third kappa shape index (κ3) is 2.62. The molecule has 0 radical (unpaired) electrons. The van der Waals surface area contributed by atoms with Crippen molar-refractivity contribution in [3.05, 3.63) is 0 Å². The molecular weight excluding hydrogens is 216 g/mol. The normalized spacial score (nSPS) is 20.8. The minimum atomic E-state index is -0.717. The lowest BCUT2D eigenvalue weighted by molar-refractivity contribution is -0.137. The molecular formula is C8H12N4O2S. The van der Waals surface area contributed by atoms with Gasteiger partial charge < -0.3 is 10.0 Å². The van der Waals surface area contributed by atoms with E-state index in [0.717, 1.165) is 31.1 Å². The molecule has 0 aromatic carbocycles. The smallest absolute Gasteiger partial charge is 0.303 e. The molecule has 0 aliphatic carbocycles. The minimum Gasteiger partial charge on any atom is -0.481 e. The van der Waals surface area contributed by atoms with Crippen LogP contribution in [0.15, 0.2) is 0 Å². The Morgan fingerprint density at radius 3 is 3.20 bits per heavy atom. The van der Waals surface area contributed by atoms with Crippen LogP contribution in [0.1, 0.15) is 19.3 Å². The Kier molecular flexibility index (Phi) is 3.10. The fourth-order valence-corrected chi connectivity index (χ4v) is 2.32. The summed E-state index contributed by atoms with van der Waals surface area (Å²) in [6.45, 7) is 1.81. The van der Waals surface area contributed by atoms with Gasteiger partial charge in [-0.1, -0.05) is 9.59 Å². The molecule has 7 heteroatoms. The first-order valence-corrected chi connectivity index (χ1v) is 5.65. The Bertz CT molecular complexity index is 329. The van der Waals surface area contributed by atoms with E-state index < -0.39 is 5.97 Å². The second-order valence-corrected chi connectivity index (χ2v) is 4.39. The van der Waals surface area contributed by atoms with E-state index in [-0.39, 0.29) is 6.42 Å². The van der Waals surface area contributed by atoms with Crippen molar-refractivity contribution >= 4 is 22.6 Å². The fraction of sp³-hybridized carbons (Fsp3) is 0.750. The van der Waals surface area contributed by atoms with Crippen LogP contribution in [-0.4, -0.2) is 39.0 Å². The summed E-state index contributed by atoms with van der Waals surface area (Å²) >= 11 is 1.28. The molecule has 1 N–H and O–H groups in total. The van der Waals surface area contributed by atoms with Gasteiger partial charge in [-0.15, -0.1) is 0 Å². The number of hydrogen-bond donors (Lipinski definition) is 1. The highest BCUT2D eigenvalue weighted by atomic mass is 32.1. The molecule has 0 spiro atoms. The van der Waals surface area contributed by atoms with Gasteiger partial charge in [0.25, 0.3) is 0 Å². The maximum absolute atomic E-state index is 10.4. The molecule has 1 aliphatic rings. The van der Waals surface area contributed by atoms with Gasteiger partial charge in [0.15, 0.2) is 0 Å². The molecule has 6 nitrogen and oxygen atoms in total. The quantitative estimate of drug-likeness (QED) is 0.814. The highest BCUT2D eigenvalue weighted by Crippen LogP contribution is 2.26. The molecule has 0 saturated carbocycles. The molecule has 2 heterocycles. The average molecular weight is 228 g/mol. The summed E-state index contributed by atoms with van der Waals surface area (Å²) < 4.78 is 3.71. The summed E-state index contributed by atoms with van der Waals surface area (Å²) in [6, 6.07) is 0. The van der Waals surface area contributed by atoms with Gasteiger partial charge >= 0.3 is 5.97 Å². The third-order valence-corrected chi connectivity index (χ3v) is 3.27. The standard InChI is InChI=1S/C8H12N4O2S/c13-7(14)2-1-6-3-4-12(5-6)8-9-10-11-15-8/h6H,1-5H2,(H,13,14). The van der Waals surface area contributed by atoms with Gasteiger partial charge in [0.2, 0.25) is 5.13 Å². The maximum atomic E-state index is 10.4. The van der Waals surface area contributed by atoms with Crippen molar-refractivity contribution in [3.8, 4) is 0 Å². The summed E-state index contributed by atoms with van der Waals surface area (Å²) in [4.78, 5) is 12.5. The van der Waals surface area contributed by atoms with E-state index in [1.54, 1.807) is 0 Å². The Hall–Kier alpha value is -1.24. The second-order valence-electron chi connectivity index (χ2n) is 3.68. The van der Waals surface area contributed by atoms with E-state index in [1.807, 2.05) is 0 Å². The molecule has 0 amide bonds. The van der Waals surface area contributed by atoms with Crippen molar-refractivity contribution in [1.29, 1.82) is 0 Å². The molecule has 15 heavy (non-hydrogen) atoms. The largest absolute Gasteiger partial charge is 0.481 e. The zero-order chi connectivity index (χ0) is 10.7. The summed E-state index contributed by atoms with van der Waals surface area (Å²) in [7, 11) is 0. The number of rotatable bonds is 4. The van der Waals surface area contributed by atoms with Gasteiger partial charge in [-0.3, -0.25) is 4.79 Å². The molecule has 1 aromatic rings. The van der Waals surface area contributed by atoms with Crippen molar-refractivity contribution in [1.82, 2.24) is 14.8 Å². The molecule has 1 saturated heterocycles. The van der Waals surface area contributed by atoms with Crippen LogP contribution in [0.5, 0.6) is 0 Å². The third-order valence-electron chi connectivity index (χ3n) is 2.61. The first-order chi connectivity index (χ1) is 7.25. The van der Waals surface area contributed by atoms with E-state index in [0.29, 0.717) is 5.92 Å². The lowest BCUT2D eigenvalue weighted by atomic mass is 10.0. The molecule has 82 valence electrons. The van der Waals surface area contributed by atoms with Gasteiger partial charge in [-0.25, -0.2) is 0 Å². The maximum Gasteiger partial charge on any atom is 0.303 e. The Labute approximate surface area is 91.1 Å². The topological polar surface area (TPSA) is 79.2 Å². The summed E-state index contributed by atoms with van der Waals surface area (Å²) in [5, 5.41) is 16.9. The predicted molar refractivity (Wildman–Crippen MR) is 54.9 cm³/mol. The van der Waals surface area contributed by atoms with Crippen LogP contribution < -0.4 is 4.90 Å². The van der Waals surface area contributed by atoms with Gasteiger partial charge in [0.05, 0.1) is 0 Å². The number of carboxylic acids is 1. The average Bonchev–Trinajstić information content (AvgIpc) is 2.85. The van der Waals surface area contributed by atoms with E-state index >= 15 is 0 Å². The van der Waals surface area contributed by atoms with Crippen LogP contribution in [0, 0.1) is 5.92 Å². The summed E-state index contributed by atoms with van der Waals surface area (Å²) in [5.74, 6) is -0.254. The second kappa shape index (κ2) is 4.52. The molecule has 2 rings (SSSR count). The predicted octanol–water partition coefficient (Wildman–Crippen LogP) is 0.624. The first-order valence-electron chi connectivity index (χ1n) is 4.87. The molecule has 1 fully saturated rings. The van der Waals surface area contributed by atoms with Crippen molar-refractivity contribution in [2.24, 2.45) is 5.92 Å². The first kappa shape index (κ1) is 10.3. The monoisotopic (exact) mass is 228 g/mol. The number of carboxylic acid groups (broad SMARTS) is 1. The Morgan fingerprint density at radius 2 is 2.53 bits per heavy atom. The molecule has 1 unspecified atom stereocenters. The van der Waals surface area contributed by atoms with E-state index in [2.05, 4.69) is 19.7 Å². The van der Waals surface area contributed by atoms with Crippen LogP contribution in [0.2, 0.25) is 0 Å². The van der Waals surface area contributed by atoms with Gasteiger partial charge in [-0.05, 0) is 24.0 Å². The van der Waals surface area contributed by atoms with Crippen molar-refractivity contribution in [2.45, 2.75) is 19.3 Å². The van der Waals surface area contributed by atoms with Crippen LogP contribution in [0.3, 0.4) is 0 Å². The lowest BCUT2D eigenvalue weighted by Gasteiger charge is -2.12. The number of nitrogens with zero attached hydrogens (tertiary/aromatic N) is 4. The number of aliphatic carboxylic acids is 1. The van der Waals surface area contributed by atoms with Crippen LogP contribution in [-0.2, 0) is 4.79 Å². The van der Waals surface area contributed by atoms with E-state index in [1.165, 1.54) is 11.5 Å². The number of carbonyl (C=O) groups is 1. The number of hydrogen-bond acceptors (Lipinski definition) is 6. The van der Waals surface area contributed by atoms with Crippen molar-refractivity contribution in [3.63, 3.8) is 0 Å². The van der Waals surface area contributed by atoms with Crippen LogP contribution in [0.4, 0.5) is 5.13 Å². The molecule has 1 atom stereocenters. The van der Waals surface area contributed by atoms with Gasteiger partial charge in [0.1, 0.15) is 0 Å². The van der Waals surface area contributed by atoms with Crippen LogP contribution in [0.25, 0.3) is 0 Å². The van der Waals surface area contributed by atoms with Crippen LogP contribution >= 0.6 is 11.5 Å². The molecule has 0 bridgehead atoms. The Balaban J connectivity index is 1.82. The highest BCUT2D eigenvalue weighted by molar-refractivity contribution is 7.09. The fourth-order valence-electron chi connectivity index (χ4n) is 1.82. The molecule has 1 aromatic heterocycles. The highest BCUT2D eigenvalue weighted by Gasteiger charge is 2.24. The van der Waals surface area contributed by atoms with Crippen molar-refractivity contribution < 1.29 is 9.90 Å². The summed E-state index contributed by atoms with van der Waals surface area (Å²) in [5.41, 5.74) is 0. The number of anilines is 1. The van der Waals surface area contributed by atoms with E-state index in [4.69, 9.17) is 5.11 Å². The molecule has 1 aliphatic heterocycles. The Morgan fingerprint density at radius 1 is 1.67 bits per heavy atom. The zero-order valence-corrected chi connectivity index (χ0v) is 8.98.